The second kappa shape index (κ2) is 8.84. The van der Waals surface area contributed by atoms with Crippen LogP contribution in [0.1, 0.15) is 67.4 Å². The van der Waals surface area contributed by atoms with Crippen molar-refractivity contribution in [2.75, 3.05) is 0 Å². The van der Waals surface area contributed by atoms with Crippen LogP contribution in [0.25, 0.3) is 5.57 Å². The molecular formula is C26H34Cl2O3. The smallest absolute Gasteiger partial charge is 0.158 e. The predicted molar refractivity (Wildman–Crippen MR) is 129 cm³/mol. The number of allylic oxidation sites excluding steroid dienone is 3. The Morgan fingerprint density at radius 1 is 1.13 bits per heavy atom. The fourth-order valence-corrected chi connectivity index (χ4v) is 5.57. The summed E-state index contributed by atoms with van der Waals surface area (Å²) in [6.07, 6.45) is 3.53. The van der Waals surface area contributed by atoms with Crippen molar-refractivity contribution in [2.45, 2.75) is 67.9 Å². The molecule has 0 heterocycles. The molecule has 0 saturated heterocycles. The van der Waals surface area contributed by atoms with Crippen molar-refractivity contribution in [2.24, 2.45) is 22.2 Å². The molecule has 1 saturated carbocycles. The van der Waals surface area contributed by atoms with Crippen LogP contribution in [0.5, 0.6) is 0 Å². The van der Waals surface area contributed by atoms with Gasteiger partial charge in [-0.3, -0.25) is 9.59 Å². The largest absolute Gasteiger partial charge is 0.391 e. The van der Waals surface area contributed by atoms with Gasteiger partial charge in [0.05, 0.1) is 22.3 Å². The van der Waals surface area contributed by atoms with Gasteiger partial charge in [0.1, 0.15) is 0 Å². The average Bonchev–Trinajstić information content (AvgIpc) is 2.71. The summed E-state index contributed by atoms with van der Waals surface area (Å²) in [6, 6.07) is 5.31. The molecule has 5 heteroatoms. The van der Waals surface area contributed by atoms with Gasteiger partial charge in [-0.1, -0.05) is 74.7 Å². The quantitative estimate of drug-likeness (QED) is 0.379. The molecule has 0 bridgehead atoms. The normalized spacial score (nSPS) is 27.4. The fourth-order valence-electron chi connectivity index (χ4n) is 5.05. The summed E-state index contributed by atoms with van der Waals surface area (Å²) in [5, 5.41) is 12.5. The second-order valence-electron chi connectivity index (χ2n) is 9.89. The van der Waals surface area contributed by atoms with E-state index in [9.17, 15) is 14.7 Å². The Balaban J connectivity index is 2.80. The highest BCUT2D eigenvalue weighted by atomic mass is 35.5. The number of carbonyl (C=O) groups is 2. The van der Waals surface area contributed by atoms with Crippen molar-refractivity contribution < 1.29 is 14.7 Å². The van der Waals surface area contributed by atoms with E-state index in [0.717, 1.165) is 23.1 Å². The summed E-state index contributed by atoms with van der Waals surface area (Å²) >= 11 is 12.5. The predicted octanol–water partition coefficient (Wildman–Crippen LogP) is 6.94. The number of benzene rings is 1. The number of halogens is 2. The van der Waals surface area contributed by atoms with E-state index < -0.39 is 22.3 Å². The highest BCUT2D eigenvalue weighted by Crippen LogP contribution is 2.54. The molecule has 1 aliphatic carbocycles. The summed E-state index contributed by atoms with van der Waals surface area (Å²) in [5.74, 6) is -0.476. The second-order valence-corrected chi connectivity index (χ2v) is 10.7. The van der Waals surface area contributed by atoms with Crippen molar-refractivity contribution >= 4 is 40.3 Å². The van der Waals surface area contributed by atoms with Gasteiger partial charge in [-0.25, -0.2) is 0 Å². The van der Waals surface area contributed by atoms with Crippen LogP contribution in [0.2, 0.25) is 10.0 Å². The van der Waals surface area contributed by atoms with Gasteiger partial charge in [0.15, 0.2) is 11.6 Å². The van der Waals surface area contributed by atoms with E-state index in [4.69, 9.17) is 23.2 Å². The third kappa shape index (κ3) is 4.17. The Bertz CT molecular complexity index is 955. The van der Waals surface area contributed by atoms with Crippen molar-refractivity contribution in [1.82, 2.24) is 0 Å². The first-order valence-electron chi connectivity index (χ1n) is 10.8. The van der Waals surface area contributed by atoms with Gasteiger partial charge in [-0.15, -0.1) is 0 Å². The molecule has 0 spiro atoms. The van der Waals surface area contributed by atoms with Gasteiger partial charge in [0.25, 0.3) is 0 Å². The molecule has 1 aromatic rings. The number of carbonyl (C=O) groups excluding carboxylic acids is 2. The zero-order valence-electron chi connectivity index (χ0n) is 19.8. The lowest BCUT2D eigenvalue weighted by molar-refractivity contribution is -0.172. The Morgan fingerprint density at radius 2 is 1.71 bits per heavy atom. The summed E-state index contributed by atoms with van der Waals surface area (Å²) in [4.78, 5) is 26.8. The molecule has 0 radical (unpaired) electrons. The first-order chi connectivity index (χ1) is 14.2. The minimum atomic E-state index is -1.22. The Labute approximate surface area is 196 Å². The molecule has 0 amide bonds. The van der Waals surface area contributed by atoms with Crippen molar-refractivity contribution in [3.63, 3.8) is 0 Å². The lowest BCUT2D eigenvalue weighted by Crippen LogP contribution is -2.65. The van der Waals surface area contributed by atoms with E-state index in [1.165, 1.54) is 0 Å². The first kappa shape index (κ1) is 25.8. The highest BCUT2D eigenvalue weighted by Gasteiger charge is 2.64. The monoisotopic (exact) mass is 464 g/mol. The number of rotatable bonds is 5. The molecule has 1 fully saturated rings. The van der Waals surface area contributed by atoms with Crippen LogP contribution in [-0.4, -0.2) is 22.8 Å². The Kier molecular flexibility index (Phi) is 7.37. The molecule has 1 aliphatic rings. The van der Waals surface area contributed by atoms with Crippen LogP contribution in [0.4, 0.5) is 0 Å². The lowest BCUT2D eigenvalue weighted by Gasteiger charge is -2.53. The van der Waals surface area contributed by atoms with Gasteiger partial charge in [0.2, 0.25) is 0 Å². The van der Waals surface area contributed by atoms with Crippen molar-refractivity contribution in [1.29, 1.82) is 0 Å². The molecule has 1 aromatic carbocycles. The number of aliphatic hydroxyl groups excluding tert-OH is 1. The van der Waals surface area contributed by atoms with Crippen molar-refractivity contribution in [3.8, 4) is 0 Å². The maximum Gasteiger partial charge on any atom is 0.158 e. The topological polar surface area (TPSA) is 54.4 Å². The maximum atomic E-state index is 13.8. The number of aliphatic hydroxyl groups is 1. The molecule has 0 aromatic heterocycles. The van der Waals surface area contributed by atoms with Crippen LogP contribution in [-0.2, 0) is 9.59 Å². The molecule has 3 atom stereocenters. The number of hydrogen-bond acceptors (Lipinski definition) is 3. The van der Waals surface area contributed by atoms with Gasteiger partial charge in [-0.05, 0) is 57.7 Å². The molecule has 31 heavy (non-hydrogen) atoms. The van der Waals surface area contributed by atoms with E-state index in [0.29, 0.717) is 10.0 Å². The fraction of sp³-hybridized carbons (Fsp3) is 0.538. The van der Waals surface area contributed by atoms with E-state index in [2.05, 4.69) is 0 Å². The van der Waals surface area contributed by atoms with E-state index in [1.54, 1.807) is 46.8 Å². The van der Waals surface area contributed by atoms with Crippen LogP contribution >= 0.6 is 23.2 Å². The minimum Gasteiger partial charge on any atom is -0.391 e. The highest BCUT2D eigenvalue weighted by molar-refractivity contribution is 6.35. The summed E-state index contributed by atoms with van der Waals surface area (Å²) in [7, 11) is 0. The molecule has 1 N–H and O–H groups in total. The van der Waals surface area contributed by atoms with Crippen molar-refractivity contribution in [3.05, 3.63) is 51.5 Å². The van der Waals surface area contributed by atoms with Gasteiger partial charge < -0.3 is 5.11 Å². The average molecular weight is 465 g/mol. The molecular weight excluding hydrogens is 431 g/mol. The van der Waals surface area contributed by atoms with E-state index in [1.807, 2.05) is 39.0 Å². The molecule has 3 nitrogen and oxygen atoms in total. The number of Topliss-reactive ketones (excluding diaryl/α,β-unsaturated/α-hetero) is 2. The maximum absolute atomic E-state index is 13.8. The van der Waals surface area contributed by atoms with Gasteiger partial charge in [0, 0.05) is 15.6 Å². The lowest BCUT2D eigenvalue weighted by atomic mass is 9.49. The molecule has 2 rings (SSSR count). The first-order valence-corrected chi connectivity index (χ1v) is 11.5. The number of hydrogen-bond donors (Lipinski definition) is 1. The SMILES string of the molecule is CC=C(C=C(C(C)CC)C1(C)C(=O)C(C)(C)C(=O)C(C)(C)C1O)c1ccc(Cl)cc1Cl. The number of ketones is 2. The van der Waals surface area contributed by atoms with Crippen LogP contribution in [0.15, 0.2) is 35.9 Å². The molecule has 0 aliphatic heterocycles. The molecule has 170 valence electrons. The minimum absolute atomic E-state index is 0.00410. The van der Waals surface area contributed by atoms with Gasteiger partial charge in [-0.2, -0.15) is 0 Å². The molecule has 3 unspecified atom stereocenters. The van der Waals surface area contributed by atoms with Crippen LogP contribution < -0.4 is 0 Å². The zero-order valence-corrected chi connectivity index (χ0v) is 21.3. The summed E-state index contributed by atoms with van der Waals surface area (Å²) in [6.45, 7) is 14.6. The standard InChI is InChI=1S/C26H34Cl2O3/c1-9-15(3)19(13-16(10-2)18-12-11-17(27)14-20(18)28)26(8)22(30)24(4,5)21(29)25(6,7)23(26)31/h10-15,22,30H,9H2,1-8H3. The summed E-state index contributed by atoms with van der Waals surface area (Å²) < 4.78 is 0. The summed E-state index contributed by atoms with van der Waals surface area (Å²) in [5.41, 5.74) is -1.04. The zero-order chi connectivity index (χ0) is 23.9. The Morgan fingerprint density at radius 3 is 2.19 bits per heavy atom. The van der Waals surface area contributed by atoms with Crippen LogP contribution in [0, 0.1) is 22.2 Å². The van der Waals surface area contributed by atoms with Crippen LogP contribution in [0.3, 0.4) is 0 Å². The van der Waals surface area contributed by atoms with E-state index >= 15 is 0 Å². The Hall–Kier alpha value is -1.42. The third-order valence-corrected chi connectivity index (χ3v) is 7.58. The van der Waals surface area contributed by atoms with E-state index in [-0.39, 0.29) is 17.5 Å². The third-order valence-electron chi connectivity index (χ3n) is 7.03. The van der Waals surface area contributed by atoms with Gasteiger partial charge >= 0.3 is 0 Å².